The number of hydrogen-bond donors (Lipinski definition) is 3. The summed E-state index contributed by atoms with van der Waals surface area (Å²) < 4.78 is 28.1. The molecular weight excluding hydrogens is 754 g/mol. The van der Waals surface area contributed by atoms with Crippen LogP contribution in [0.4, 0.5) is 4.39 Å². The van der Waals surface area contributed by atoms with Crippen molar-refractivity contribution >= 4 is 40.1 Å². The van der Waals surface area contributed by atoms with Gasteiger partial charge in [0.25, 0.3) is 0 Å². The fourth-order valence-electron chi connectivity index (χ4n) is 11.1. The van der Waals surface area contributed by atoms with Gasteiger partial charge in [0.05, 0.1) is 18.9 Å². The van der Waals surface area contributed by atoms with E-state index in [4.69, 9.17) is 15.2 Å². The van der Waals surface area contributed by atoms with E-state index in [2.05, 4.69) is 0 Å². The Morgan fingerprint density at radius 1 is 0.932 bits per heavy atom. The number of esters is 2. The molecule has 4 aliphatic rings. The lowest BCUT2D eigenvalue weighted by Gasteiger charge is -2.62. The van der Waals surface area contributed by atoms with Crippen LogP contribution >= 0.6 is 0 Å². The molecule has 312 valence electrons. The number of allylic oxidation sites excluding steroid dienone is 4. The Labute approximate surface area is 344 Å². The zero-order valence-electron chi connectivity index (χ0n) is 34.0. The van der Waals surface area contributed by atoms with Crippen molar-refractivity contribution in [2.45, 2.75) is 102 Å². The Bertz CT molecular complexity index is 2220. The Balaban J connectivity index is 0.895. The van der Waals surface area contributed by atoms with Gasteiger partial charge in [-0.05, 0) is 97.0 Å². The van der Waals surface area contributed by atoms with Gasteiger partial charge in [0.2, 0.25) is 5.78 Å². The molecule has 0 aromatic heterocycles. The minimum absolute atomic E-state index is 0.0535. The van der Waals surface area contributed by atoms with Gasteiger partial charge in [-0.3, -0.25) is 24.0 Å². The van der Waals surface area contributed by atoms with Crippen molar-refractivity contribution in [1.82, 2.24) is 0 Å². The number of rotatable bonds is 14. The van der Waals surface area contributed by atoms with E-state index in [1.165, 1.54) is 12.2 Å². The molecule has 0 saturated heterocycles. The summed E-state index contributed by atoms with van der Waals surface area (Å²) in [6.07, 6.45) is 3.91. The van der Waals surface area contributed by atoms with Gasteiger partial charge in [-0.2, -0.15) is 0 Å². The Kier molecular flexibility index (Phi) is 11.7. The Hall–Kier alpha value is -4.84. The minimum atomic E-state index is -2.11. The number of alkyl halides is 1. The number of aliphatic hydroxyl groups is 2. The van der Waals surface area contributed by atoms with Gasteiger partial charge in [-0.25, -0.2) is 4.39 Å². The molecule has 3 fully saturated rings. The first-order valence-electron chi connectivity index (χ1n) is 20.7. The molecule has 11 heteroatoms. The first-order valence-corrected chi connectivity index (χ1v) is 20.7. The number of ether oxygens (including phenoxy) is 2. The SMILES string of the molecule is C[C@@H]1C[C@H]2[C@@H]3CCC4=CC(=O)C=C[C@]4(C)[C@@]3(F)[C@@H](O)C[C@]2(C)[C@@]1(O)C(=O)COC(=O)CCC(=O)OCc1ccc([C@@H](CCN)C(=O)Cc2ccc3ccccc3c2)cc1. The van der Waals surface area contributed by atoms with E-state index in [0.717, 1.165) is 21.9 Å². The smallest absolute Gasteiger partial charge is 0.306 e. The normalized spacial score (nSPS) is 31.4. The van der Waals surface area contributed by atoms with Crippen molar-refractivity contribution < 1.29 is 48.0 Å². The van der Waals surface area contributed by atoms with E-state index >= 15 is 4.39 Å². The van der Waals surface area contributed by atoms with E-state index in [1.54, 1.807) is 39.0 Å². The third-order valence-electron chi connectivity index (χ3n) is 14.4. The van der Waals surface area contributed by atoms with Gasteiger partial charge in [-0.1, -0.05) is 92.2 Å². The monoisotopic (exact) mass is 807 g/mol. The fourth-order valence-corrected chi connectivity index (χ4v) is 11.1. The maximum Gasteiger partial charge on any atom is 0.306 e. The summed E-state index contributed by atoms with van der Waals surface area (Å²) in [5, 5.41) is 25.9. The number of nitrogens with two attached hydrogens (primary N) is 1. The zero-order valence-corrected chi connectivity index (χ0v) is 34.0. The quantitative estimate of drug-likeness (QED) is 0.156. The summed E-state index contributed by atoms with van der Waals surface area (Å²) in [5.41, 5.74) is 2.46. The maximum absolute atomic E-state index is 17.5. The van der Waals surface area contributed by atoms with Crippen molar-refractivity contribution in [3.63, 3.8) is 0 Å². The summed E-state index contributed by atoms with van der Waals surface area (Å²) >= 11 is 0. The molecule has 0 amide bonds. The van der Waals surface area contributed by atoms with Crippen LogP contribution in [0.15, 0.2) is 90.5 Å². The number of carbonyl (C=O) groups excluding carboxylic acids is 5. The standard InChI is InChI=1S/C48H54FNO9/c1-29-22-39-38-15-14-35-25-36(51)18-20-45(35,2)47(38,49)41(53)26-46(39,3)48(29,57)42(54)28-59-44(56)17-16-43(55)58-27-30-8-12-33(13-9-30)37(19-21-50)40(52)24-31-10-11-32-6-4-5-7-34(32)23-31/h4-13,18,20,23,25,29,37-39,41,53,57H,14-17,19,21-22,24,26-28,50H2,1-3H3/t29-,37-,38+,39+,41+,45+,46+,47+,48+/m1/s1. The molecule has 0 aliphatic heterocycles. The average molecular weight is 808 g/mol. The Morgan fingerprint density at radius 3 is 2.32 bits per heavy atom. The number of halogens is 1. The topological polar surface area (TPSA) is 170 Å². The van der Waals surface area contributed by atoms with Crippen molar-refractivity contribution in [3.8, 4) is 0 Å². The predicted octanol–water partition coefficient (Wildman–Crippen LogP) is 6.37. The number of benzene rings is 3. The molecule has 9 atom stereocenters. The molecule has 3 aromatic rings. The number of Topliss-reactive ketones (excluding diaryl/α,β-unsaturated/α-hetero) is 2. The first kappa shape index (κ1) is 42.3. The number of hydrogen-bond acceptors (Lipinski definition) is 10. The van der Waals surface area contributed by atoms with Crippen molar-refractivity contribution in [2.24, 2.45) is 34.3 Å². The van der Waals surface area contributed by atoms with Crippen LogP contribution < -0.4 is 5.73 Å². The molecule has 0 spiro atoms. The molecule has 0 radical (unpaired) electrons. The number of aliphatic hydroxyl groups excluding tert-OH is 1. The van der Waals surface area contributed by atoms with Crippen LogP contribution in [0.5, 0.6) is 0 Å². The van der Waals surface area contributed by atoms with E-state index < -0.39 is 70.3 Å². The van der Waals surface area contributed by atoms with Gasteiger partial charge < -0.3 is 25.4 Å². The molecule has 7 rings (SSSR count). The summed E-state index contributed by atoms with van der Waals surface area (Å²) in [4.78, 5) is 64.7. The molecular formula is C48H54FNO9. The van der Waals surface area contributed by atoms with E-state index in [0.29, 0.717) is 43.4 Å². The van der Waals surface area contributed by atoms with Crippen molar-refractivity contribution in [1.29, 1.82) is 0 Å². The zero-order chi connectivity index (χ0) is 42.3. The third kappa shape index (κ3) is 7.40. The molecule has 10 nitrogen and oxygen atoms in total. The number of carbonyl (C=O) groups is 5. The van der Waals surface area contributed by atoms with E-state index in [1.807, 2.05) is 54.6 Å². The molecule has 3 aromatic carbocycles. The highest BCUT2D eigenvalue weighted by atomic mass is 19.1. The number of ketones is 3. The highest BCUT2D eigenvalue weighted by molar-refractivity contribution is 6.01. The second-order valence-electron chi connectivity index (χ2n) is 17.6. The fraction of sp³-hybridized carbons (Fsp3) is 0.479. The molecule has 0 bridgehead atoms. The number of fused-ring (bicyclic) bond motifs is 6. The molecule has 4 aliphatic carbocycles. The van der Waals surface area contributed by atoms with Gasteiger partial charge in [0.1, 0.15) is 18.0 Å². The lowest BCUT2D eigenvalue weighted by atomic mass is 9.44. The molecule has 4 N–H and O–H groups in total. The van der Waals surface area contributed by atoms with Crippen LogP contribution in [0, 0.1) is 28.6 Å². The summed E-state index contributed by atoms with van der Waals surface area (Å²) in [7, 11) is 0. The molecule has 3 saturated carbocycles. The predicted molar refractivity (Wildman–Crippen MR) is 218 cm³/mol. The van der Waals surface area contributed by atoms with Gasteiger partial charge in [-0.15, -0.1) is 0 Å². The molecule has 59 heavy (non-hydrogen) atoms. The van der Waals surface area contributed by atoms with Crippen LogP contribution in [0.25, 0.3) is 10.8 Å². The van der Waals surface area contributed by atoms with Crippen LogP contribution in [-0.4, -0.2) is 70.0 Å². The summed E-state index contributed by atoms with van der Waals surface area (Å²) in [6.45, 7) is 4.70. The summed E-state index contributed by atoms with van der Waals surface area (Å²) in [6, 6.07) is 21.2. The first-order chi connectivity index (χ1) is 28.0. The largest absolute Gasteiger partial charge is 0.461 e. The van der Waals surface area contributed by atoms with Gasteiger partial charge in [0.15, 0.2) is 18.1 Å². The van der Waals surface area contributed by atoms with E-state index in [9.17, 15) is 34.2 Å². The van der Waals surface area contributed by atoms with Crippen LogP contribution in [0.3, 0.4) is 0 Å². The van der Waals surface area contributed by atoms with E-state index in [-0.39, 0.29) is 49.8 Å². The van der Waals surface area contributed by atoms with Crippen LogP contribution in [-0.2, 0) is 46.5 Å². The van der Waals surface area contributed by atoms with Crippen molar-refractivity contribution in [2.75, 3.05) is 13.2 Å². The second kappa shape index (κ2) is 16.3. The molecule has 0 unspecified atom stereocenters. The third-order valence-corrected chi connectivity index (χ3v) is 14.4. The average Bonchev–Trinajstić information content (AvgIpc) is 3.42. The highest BCUT2D eigenvalue weighted by Crippen LogP contribution is 2.70. The maximum atomic E-state index is 17.5. The van der Waals surface area contributed by atoms with Gasteiger partial charge >= 0.3 is 11.9 Å². The second-order valence-corrected chi connectivity index (χ2v) is 17.6. The van der Waals surface area contributed by atoms with Crippen molar-refractivity contribution in [3.05, 3.63) is 107 Å². The van der Waals surface area contributed by atoms with Crippen LogP contribution in [0.1, 0.15) is 88.3 Å². The van der Waals surface area contributed by atoms with Gasteiger partial charge in [0, 0.05) is 29.1 Å². The Morgan fingerprint density at radius 2 is 1.61 bits per heavy atom. The lowest BCUT2D eigenvalue weighted by molar-refractivity contribution is -0.220. The molecule has 0 heterocycles. The highest BCUT2D eigenvalue weighted by Gasteiger charge is 2.75. The van der Waals surface area contributed by atoms with Crippen LogP contribution in [0.2, 0.25) is 0 Å². The summed E-state index contributed by atoms with van der Waals surface area (Å²) in [5.74, 6) is -4.50. The minimum Gasteiger partial charge on any atom is -0.461 e. The lowest BCUT2D eigenvalue weighted by Crippen LogP contribution is -2.69.